The van der Waals surface area contributed by atoms with Crippen LogP contribution < -0.4 is 4.90 Å². The van der Waals surface area contributed by atoms with Crippen molar-refractivity contribution in [2.45, 2.75) is 12.3 Å². The van der Waals surface area contributed by atoms with Gasteiger partial charge in [-0.05, 0) is 12.1 Å². The van der Waals surface area contributed by atoms with Gasteiger partial charge in [-0.2, -0.15) is 0 Å². The Bertz CT molecular complexity index is 341. The van der Waals surface area contributed by atoms with Crippen LogP contribution in [0, 0.1) is 0 Å². The van der Waals surface area contributed by atoms with Crippen LogP contribution in [0.4, 0.5) is 14.5 Å². The molecule has 1 heterocycles. The van der Waals surface area contributed by atoms with Crippen LogP contribution in [0.5, 0.6) is 0 Å². The highest BCUT2D eigenvalue weighted by Crippen LogP contribution is 2.34. The Balaban J connectivity index is 2.22. The highest BCUT2D eigenvalue weighted by Gasteiger charge is 2.38. The molecule has 1 saturated heterocycles. The quantitative estimate of drug-likeness (QED) is 0.699. The van der Waals surface area contributed by atoms with Crippen molar-refractivity contribution in [3.8, 4) is 0 Å². The van der Waals surface area contributed by atoms with E-state index in [-0.39, 0.29) is 13.0 Å². The minimum absolute atomic E-state index is 0.0851. The molecule has 1 aliphatic rings. The molecule has 1 aromatic carbocycles. The number of rotatable bonds is 1. The van der Waals surface area contributed by atoms with E-state index in [1.165, 1.54) is 0 Å². The van der Waals surface area contributed by atoms with Gasteiger partial charge in [-0.25, -0.2) is 8.78 Å². The summed E-state index contributed by atoms with van der Waals surface area (Å²) in [6, 6.07) is 7.08. The van der Waals surface area contributed by atoms with Crippen molar-refractivity contribution in [3.05, 3.63) is 29.3 Å². The molecule has 1 fully saturated rings. The molecule has 0 bridgehead atoms. The summed E-state index contributed by atoms with van der Waals surface area (Å²) in [6.45, 7) is 0.146. The van der Waals surface area contributed by atoms with Crippen LogP contribution in [0.2, 0.25) is 5.02 Å². The Morgan fingerprint density at radius 3 is 2.57 bits per heavy atom. The Morgan fingerprint density at radius 2 is 2.00 bits per heavy atom. The highest BCUT2D eigenvalue weighted by molar-refractivity contribution is 6.33. The SMILES string of the molecule is FC1(F)CCN(c2ccccc2Cl)C1. The van der Waals surface area contributed by atoms with E-state index in [2.05, 4.69) is 0 Å². The van der Waals surface area contributed by atoms with Crippen molar-refractivity contribution >= 4 is 17.3 Å². The Morgan fingerprint density at radius 1 is 1.29 bits per heavy atom. The number of halogens is 3. The van der Waals surface area contributed by atoms with Crippen molar-refractivity contribution in [2.75, 3.05) is 18.0 Å². The average molecular weight is 218 g/mol. The molecule has 1 aromatic rings. The van der Waals surface area contributed by atoms with Gasteiger partial charge >= 0.3 is 0 Å². The third-order valence-corrected chi connectivity index (χ3v) is 2.68. The number of hydrogen-bond donors (Lipinski definition) is 0. The third kappa shape index (κ3) is 1.82. The van der Waals surface area contributed by atoms with Crippen LogP contribution in [-0.2, 0) is 0 Å². The Labute approximate surface area is 86.3 Å². The van der Waals surface area contributed by atoms with E-state index in [1.54, 1.807) is 29.2 Å². The average Bonchev–Trinajstić information content (AvgIpc) is 2.47. The summed E-state index contributed by atoms with van der Waals surface area (Å²) in [6.07, 6.45) is -0.0851. The van der Waals surface area contributed by atoms with Gasteiger partial charge in [0, 0.05) is 13.0 Å². The molecular weight excluding hydrogens is 208 g/mol. The number of hydrogen-bond acceptors (Lipinski definition) is 1. The molecule has 0 unspecified atom stereocenters. The molecule has 76 valence electrons. The van der Waals surface area contributed by atoms with Crippen molar-refractivity contribution in [1.82, 2.24) is 0 Å². The molecule has 0 spiro atoms. The minimum Gasteiger partial charge on any atom is -0.364 e. The zero-order valence-corrected chi connectivity index (χ0v) is 8.27. The lowest BCUT2D eigenvalue weighted by molar-refractivity contribution is 0.0257. The van der Waals surface area contributed by atoms with Crippen LogP contribution in [0.1, 0.15) is 6.42 Å². The number of anilines is 1. The summed E-state index contributed by atoms with van der Waals surface area (Å²) in [5.41, 5.74) is 0.700. The van der Waals surface area contributed by atoms with Crippen LogP contribution in [0.25, 0.3) is 0 Å². The fourth-order valence-electron chi connectivity index (χ4n) is 1.65. The van der Waals surface area contributed by atoms with Gasteiger partial charge in [-0.3, -0.25) is 0 Å². The van der Waals surface area contributed by atoms with Gasteiger partial charge in [0.15, 0.2) is 0 Å². The molecule has 1 nitrogen and oxygen atoms in total. The van der Waals surface area contributed by atoms with E-state index in [0.29, 0.717) is 17.3 Å². The summed E-state index contributed by atoms with van der Waals surface area (Å²) in [5.74, 6) is -2.57. The molecule has 2 rings (SSSR count). The first-order valence-corrected chi connectivity index (χ1v) is 4.84. The summed E-state index contributed by atoms with van der Waals surface area (Å²) in [5, 5.41) is 0.533. The Kier molecular flexibility index (Phi) is 2.35. The normalized spacial score (nSPS) is 20.1. The molecule has 1 aliphatic heterocycles. The number of benzene rings is 1. The molecule has 0 saturated carbocycles. The van der Waals surface area contributed by atoms with E-state index in [4.69, 9.17) is 11.6 Å². The van der Waals surface area contributed by atoms with Gasteiger partial charge in [0.05, 0.1) is 17.3 Å². The van der Waals surface area contributed by atoms with Crippen LogP contribution in [0.3, 0.4) is 0 Å². The van der Waals surface area contributed by atoms with Crippen LogP contribution in [-0.4, -0.2) is 19.0 Å². The number of para-hydroxylation sites is 1. The topological polar surface area (TPSA) is 3.24 Å². The van der Waals surface area contributed by atoms with Crippen molar-refractivity contribution in [3.63, 3.8) is 0 Å². The van der Waals surface area contributed by atoms with Gasteiger partial charge in [0.2, 0.25) is 0 Å². The molecule has 14 heavy (non-hydrogen) atoms. The zero-order valence-electron chi connectivity index (χ0n) is 7.51. The molecule has 0 amide bonds. The van der Waals surface area contributed by atoms with E-state index in [0.717, 1.165) is 0 Å². The maximum atomic E-state index is 12.9. The van der Waals surface area contributed by atoms with Crippen molar-refractivity contribution in [2.24, 2.45) is 0 Å². The van der Waals surface area contributed by atoms with E-state index in [9.17, 15) is 8.78 Å². The zero-order chi connectivity index (χ0) is 10.2. The van der Waals surface area contributed by atoms with Gasteiger partial charge in [0.1, 0.15) is 0 Å². The summed E-state index contributed by atoms with van der Waals surface area (Å²) in [7, 11) is 0. The maximum Gasteiger partial charge on any atom is 0.266 e. The van der Waals surface area contributed by atoms with E-state index >= 15 is 0 Å². The van der Waals surface area contributed by atoms with Gasteiger partial charge in [0.25, 0.3) is 5.92 Å². The van der Waals surface area contributed by atoms with E-state index in [1.807, 2.05) is 0 Å². The lowest BCUT2D eigenvalue weighted by Crippen LogP contribution is -2.24. The predicted octanol–water partition coefficient (Wildman–Crippen LogP) is 3.19. The monoisotopic (exact) mass is 217 g/mol. The second-order valence-corrected chi connectivity index (χ2v) is 3.89. The van der Waals surface area contributed by atoms with Gasteiger partial charge in [-0.1, -0.05) is 23.7 Å². The Hall–Kier alpha value is -0.830. The molecule has 0 radical (unpaired) electrons. The molecule has 0 aliphatic carbocycles. The fraction of sp³-hybridized carbons (Fsp3) is 0.400. The summed E-state index contributed by atoms with van der Waals surface area (Å²) in [4.78, 5) is 1.63. The van der Waals surface area contributed by atoms with Crippen molar-refractivity contribution < 1.29 is 8.78 Å². The number of nitrogens with zero attached hydrogens (tertiary/aromatic N) is 1. The first kappa shape index (κ1) is 9.71. The predicted molar refractivity (Wildman–Crippen MR) is 53.2 cm³/mol. The second-order valence-electron chi connectivity index (χ2n) is 3.48. The second kappa shape index (κ2) is 3.39. The first-order chi connectivity index (χ1) is 6.58. The summed E-state index contributed by atoms with van der Waals surface area (Å²) < 4.78 is 25.9. The van der Waals surface area contributed by atoms with E-state index < -0.39 is 5.92 Å². The minimum atomic E-state index is -2.57. The van der Waals surface area contributed by atoms with Gasteiger partial charge < -0.3 is 4.90 Å². The third-order valence-electron chi connectivity index (χ3n) is 2.36. The highest BCUT2D eigenvalue weighted by atomic mass is 35.5. The molecule has 4 heteroatoms. The number of alkyl halides is 2. The smallest absolute Gasteiger partial charge is 0.266 e. The molecular formula is C10H10ClF2N. The first-order valence-electron chi connectivity index (χ1n) is 4.46. The largest absolute Gasteiger partial charge is 0.364 e. The van der Waals surface area contributed by atoms with Crippen molar-refractivity contribution in [1.29, 1.82) is 0 Å². The summed E-state index contributed by atoms with van der Waals surface area (Å²) >= 11 is 5.91. The fourth-order valence-corrected chi connectivity index (χ4v) is 1.90. The molecule has 0 aromatic heterocycles. The molecule has 0 atom stereocenters. The lowest BCUT2D eigenvalue weighted by atomic mass is 10.3. The van der Waals surface area contributed by atoms with Crippen LogP contribution in [0.15, 0.2) is 24.3 Å². The van der Waals surface area contributed by atoms with Crippen LogP contribution >= 0.6 is 11.6 Å². The lowest BCUT2D eigenvalue weighted by Gasteiger charge is -2.19. The van der Waals surface area contributed by atoms with Gasteiger partial charge in [-0.15, -0.1) is 0 Å². The maximum absolute atomic E-state index is 12.9. The standard InChI is InChI=1S/C10H10ClF2N/c11-8-3-1-2-4-9(8)14-6-5-10(12,13)7-14/h1-4H,5-7H2. The molecule has 0 N–H and O–H groups in total.